The largest absolute Gasteiger partial charge is 0.314 e. The normalized spacial score (nSPS) is 15.9. The summed E-state index contributed by atoms with van der Waals surface area (Å²) in [6.45, 7) is 5.47. The quantitative estimate of drug-likeness (QED) is 0.766. The summed E-state index contributed by atoms with van der Waals surface area (Å²) in [7, 11) is 0. The molecular weight excluding hydrogens is 200 g/mol. The Morgan fingerprint density at radius 2 is 2.19 bits per heavy atom. The monoisotopic (exact) mass is 222 g/mol. The molecule has 0 saturated heterocycles. The van der Waals surface area contributed by atoms with Crippen LogP contribution in [0.15, 0.2) is 6.33 Å². The van der Waals surface area contributed by atoms with E-state index in [0.717, 1.165) is 18.8 Å². The Balaban J connectivity index is 1.78. The standard InChI is InChI=1S/C12H22N4/c1-3-10(4-2)13-8-7-12-15-14-9-16(12)11-5-6-11/h9-11,13H,3-8H2,1-2H3. The molecule has 0 aliphatic heterocycles. The first-order valence-corrected chi connectivity index (χ1v) is 6.46. The summed E-state index contributed by atoms with van der Waals surface area (Å²) < 4.78 is 2.24. The predicted molar refractivity (Wildman–Crippen MR) is 64.4 cm³/mol. The molecule has 0 atom stereocenters. The first-order valence-electron chi connectivity index (χ1n) is 6.46. The molecule has 1 saturated carbocycles. The molecule has 0 amide bonds. The minimum atomic E-state index is 0.650. The third kappa shape index (κ3) is 2.82. The fourth-order valence-electron chi connectivity index (χ4n) is 2.07. The fraction of sp³-hybridized carbons (Fsp3) is 0.833. The first-order chi connectivity index (χ1) is 7.85. The van der Waals surface area contributed by atoms with Gasteiger partial charge in [0.15, 0.2) is 0 Å². The molecule has 0 spiro atoms. The third-order valence-corrected chi connectivity index (χ3v) is 3.35. The molecule has 0 unspecified atom stereocenters. The molecule has 1 heterocycles. The van der Waals surface area contributed by atoms with E-state index in [9.17, 15) is 0 Å². The van der Waals surface area contributed by atoms with Crippen molar-refractivity contribution in [3.8, 4) is 0 Å². The molecular formula is C12H22N4. The number of hydrogen-bond donors (Lipinski definition) is 1. The molecule has 4 nitrogen and oxygen atoms in total. The molecule has 4 heteroatoms. The highest BCUT2D eigenvalue weighted by atomic mass is 15.3. The predicted octanol–water partition coefficient (Wildman–Crippen LogP) is 1.93. The van der Waals surface area contributed by atoms with Crippen LogP contribution in [-0.2, 0) is 6.42 Å². The second-order valence-electron chi connectivity index (χ2n) is 4.60. The van der Waals surface area contributed by atoms with Gasteiger partial charge in [0, 0.05) is 25.0 Å². The summed E-state index contributed by atoms with van der Waals surface area (Å²) in [5.41, 5.74) is 0. The second-order valence-corrected chi connectivity index (χ2v) is 4.60. The molecule has 90 valence electrons. The molecule has 0 bridgehead atoms. The van der Waals surface area contributed by atoms with Crippen LogP contribution in [0.5, 0.6) is 0 Å². The topological polar surface area (TPSA) is 42.7 Å². The average Bonchev–Trinajstić information content (AvgIpc) is 3.05. The van der Waals surface area contributed by atoms with Crippen molar-refractivity contribution in [1.82, 2.24) is 20.1 Å². The van der Waals surface area contributed by atoms with Crippen LogP contribution in [0.3, 0.4) is 0 Å². The highest BCUT2D eigenvalue weighted by molar-refractivity contribution is 4.95. The number of rotatable bonds is 7. The summed E-state index contributed by atoms with van der Waals surface area (Å²) in [6, 6.07) is 1.34. The Labute approximate surface area is 97.5 Å². The maximum atomic E-state index is 4.20. The van der Waals surface area contributed by atoms with Crippen molar-refractivity contribution in [2.24, 2.45) is 0 Å². The van der Waals surface area contributed by atoms with Crippen LogP contribution >= 0.6 is 0 Å². The van der Waals surface area contributed by atoms with Gasteiger partial charge in [-0.15, -0.1) is 10.2 Å². The summed E-state index contributed by atoms with van der Waals surface area (Å²) in [5.74, 6) is 1.14. The molecule has 2 rings (SSSR count). The van der Waals surface area contributed by atoms with E-state index >= 15 is 0 Å². The van der Waals surface area contributed by atoms with Gasteiger partial charge in [-0.25, -0.2) is 0 Å². The van der Waals surface area contributed by atoms with Gasteiger partial charge in [-0.1, -0.05) is 13.8 Å². The van der Waals surface area contributed by atoms with Crippen molar-refractivity contribution < 1.29 is 0 Å². The van der Waals surface area contributed by atoms with E-state index in [4.69, 9.17) is 0 Å². The Hall–Kier alpha value is -0.900. The van der Waals surface area contributed by atoms with E-state index in [2.05, 4.69) is 33.9 Å². The van der Waals surface area contributed by atoms with E-state index in [1.165, 1.54) is 25.7 Å². The summed E-state index contributed by atoms with van der Waals surface area (Å²) in [6.07, 6.45) is 7.87. The molecule has 0 radical (unpaired) electrons. The zero-order valence-electron chi connectivity index (χ0n) is 10.3. The molecule has 1 aliphatic rings. The van der Waals surface area contributed by atoms with Gasteiger partial charge in [0.05, 0.1) is 0 Å². The second kappa shape index (κ2) is 5.43. The van der Waals surface area contributed by atoms with E-state index < -0.39 is 0 Å². The van der Waals surface area contributed by atoms with Crippen LogP contribution in [0.4, 0.5) is 0 Å². The first kappa shape index (κ1) is 11.6. The number of nitrogens with zero attached hydrogens (tertiary/aromatic N) is 3. The van der Waals surface area contributed by atoms with Crippen molar-refractivity contribution in [3.05, 3.63) is 12.2 Å². The Kier molecular flexibility index (Phi) is 3.93. The minimum absolute atomic E-state index is 0.650. The smallest absolute Gasteiger partial charge is 0.134 e. The lowest BCUT2D eigenvalue weighted by Crippen LogP contribution is -2.30. The zero-order chi connectivity index (χ0) is 11.4. The lowest BCUT2D eigenvalue weighted by molar-refractivity contribution is 0.481. The van der Waals surface area contributed by atoms with Gasteiger partial charge < -0.3 is 9.88 Å². The maximum absolute atomic E-state index is 4.20. The highest BCUT2D eigenvalue weighted by Gasteiger charge is 2.25. The lowest BCUT2D eigenvalue weighted by atomic mass is 10.2. The van der Waals surface area contributed by atoms with Crippen molar-refractivity contribution in [2.45, 2.75) is 58.0 Å². The molecule has 1 N–H and O–H groups in total. The van der Waals surface area contributed by atoms with Crippen molar-refractivity contribution in [1.29, 1.82) is 0 Å². The zero-order valence-corrected chi connectivity index (χ0v) is 10.3. The average molecular weight is 222 g/mol. The molecule has 1 aliphatic carbocycles. The molecule has 1 aromatic heterocycles. The lowest BCUT2D eigenvalue weighted by Gasteiger charge is -2.14. The van der Waals surface area contributed by atoms with Gasteiger partial charge in [0.25, 0.3) is 0 Å². The van der Waals surface area contributed by atoms with Crippen LogP contribution in [0.1, 0.15) is 51.4 Å². The molecule has 16 heavy (non-hydrogen) atoms. The van der Waals surface area contributed by atoms with Crippen molar-refractivity contribution in [2.75, 3.05) is 6.54 Å². The van der Waals surface area contributed by atoms with Crippen LogP contribution in [0.2, 0.25) is 0 Å². The number of aromatic nitrogens is 3. The van der Waals surface area contributed by atoms with Gasteiger partial charge in [-0.2, -0.15) is 0 Å². The van der Waals surface area contributed by atoms with Crippen molar-refractivity contribution in [3.63, 3.8) is 0 Å². The molecule has 1 fully saturated rings. The fourth-order valence-corrected chi connectivity index (χ4v) is 2.07. The minimum Gasteiger partial charge on any atom is -0.314 e. The summed E-state index contributed by atoms with van der Waals surface area (Å²) in [4.78, 5) is 0. The van der Waals surface area contributed by atoms with Gasteiger partial charge in [-0.3, -0.25) is 0 Å². The van der Waals surface area contributed by atoms with Crippen LogP contribution in [-0.4, -0.2) is 27.4 Å². The van der Waals surface area contributed by atoms with Gasteiger partial charge in [-0.05, 0) is 25.7 Å². The van der Waals surface area contributed by atoms with Gasteiger partial charge in [0.1, 0.15) is 12.2 Å². The number of hydrogen-bond acceptors (Lipinski definition) is 3. The number of nitrogens with one attached hydrogen (secondary N) is 1. The van der Waals surface area contributed by atoms with Crippen LogP contribution in [0, 0.1) is 0 Å². The highest BCUT2D eigenvalue weighted by Crippen LogP contribution is 2.35. The van der Waals surface area contributed by atoms with Crippen LogP contribution < -0.4 is 5.32 Å². The van der Waals surface area contributed by atoms with E-state index in [-0.39, 0.29) is 0 Å². The van der Waals surface area contributed by atoms with E-state index in [1.807, 2.05) is 6.33 Å². The summed E-state index contributed by atoms with van der Waals surface area (Å²) in [5, 5.41) is 11.8. The van der Waals surface area contributed by atoms with Crippen LogP contribution in [0.25, 0.3) is 0 Å². The SMILES string of the molecule is CCC(CC)NCCc1nncn1C1CC1. The Morgan fingerprint density at radius 1 is 1.44 bits per heavy atom. The van der Waals surface area contributed by atoms with Crippen molar-refractivity contribution >= 4 is 0 Å². The van der Waals surface area contributed by atoms with E-state index in [0.29, 0.717) is 12.1 Å². The summed E-state index contributed by atoms with van der Waals surface area (Å²) >= 11 is 0. The third-order valence-electron chi connectivity index (χ3n) is 3.35. The van der Waals surface area contributed by atoms with E-state index in [1.54, 1.807) is 0 Å². The molecule has 1 aromatic rings. The maximum Gasteiger partial charge on any atom is 0.134 e. The van der Waals surface area contributed by atoms with Gasteiger partial charge >= 0.3 is 0 Å². The van der Waals surface area contributed by atoms with Gasteiger partial charge in [0.2, 0.25) is 0 Å². The Morgan fingerprint density at radius 3 is 2.81 bits per heavy atom. The molecule has 0 aromatic carbocycles. The Bertz CT molecular complexity index is 313.